The van der Waals surface area contributed by atoms with Gasteiger partial charge in [-0.25, -0.2) is 4.79 Å². The van der Waals surface area contributed by atoms with E-state index in [-0.39, 0.29) is 12.0 Å². The van der Waals surface area contributed by atoms with Crippen molar-refractivity contribution in [3.05, 3.63) is 0 Å². The van der Waals surface area contributed by atoms with Crippen molar-refractivity contribution in [2.75, 3.05) is 51.1 Å². The van der Waals surface area contributed by atoms with Gasteiger partial charge in [-0.2, -0.15) is 0 Å². The number of alkyl halides is 1. The Morgan fingerprint density at radius 3 is 2.42 bits per heavy atom. The lowest BCUT2D eigenvalue weighted by Crippen LogP contribution is -2.50. The molecule has 1 unspecified atom stereocenters. The van der Waals surface area contributed by atoms with E-state index in [1.165, 1.54) is 0 Å². The highest BCUT2D eigenvalue weighted by Gasteiger charge is 2.29. The van der Waals surface area contributed by atoms with Gasteiger partial charge in [0, 0.05) is 51.0 Å². The molecule has 0 aliphatic carbocycles. The molecular weight excluding hydrogens is 374 g/mol. The Bertz CT molecular complexity index is 445. The van der Waals surface area contributed by atoms with Crippen molar-refractivity contribution < 1.29 is 14.3 Å². The van der Waals surface area contributed by atoms with E-state index in [1.54, 1.807) is 4.90 Å². The lowest BCUT2D eigenvalue weighted by Gasteiger charge is -2.35. The number of hydrogen-bond donors (Lipinski definition) is 0. The number of carbonyl (C=O) groups excluding carboxylic acids is 2. The minimum Gasteiger partial charge on any atom is -0.444 e. The average molecular weight is 404 g/mol. The fraction of sp³-hybridized carbons (Fsp3) is 0.882. The lowest BCUT2D eigenvalue weighted by molar-refractivity contribution is -0.127. The Morgan fingerprint density at radius 2 is 1.88 bits per heavy atom. The van der Waals surface area contributed by atoms with Gasteiger partial charge in [0.05, 0.1) is 0 Å². The molecule has 0 saturated carbocycles. The summed E-state index contributed by atoms with van der Waals surface area (Å²) in [5.41, 5.74) is -0.441. The molecule has 2 aliphatic rings. The molecule has 0 N–H and O–H groups in total. The predicted octanol–water partition coefficient (Wildman–Crippen LogP) is 2.17. The number of carbonyl (C=O) groups is 2. The third-order valence-corrected chi connectivity index (χ3v) is 5.35. The topological polar surface area (TPSA) is 53.1 Å². The molecule has 2 amide bonds. The Morgan fingerprint density at radius 1 is 1.21 bits per heavy atom. The molecule has 1 atom stereocenters. The molecule has 2 heterocycles. The Labute approximate surface area is 153 Å². The molecular formula is C17H30BrN3O3. The standard InChI is InChI=1S/C17H30BrN3O3/c1-17(2,3)24-16(23)20-9-7-19(8-10-20)5-4-6-21-13-14(12-18)11-15(21)22/h14H,4-13H2,1-3H3. The maximum absolute atomic E-state index is 12.0. The maximum Gasteiger partial charge on any atom is 0.410 e. The van der Waals surface area contributed by atoms with Crippen LogP contribution >= 0.6 is 15.9 Å². The van der Waals surface area contributed by atoms with Crippen molar-refractivity contribution in [1.82, 2.24) is 14.7 Å². The second-order valence-corrected chi connectivity index (χ2v) is 8.37. The van der Waals surface area contributed by atoms with Gasteiger partial charge in [-0.15, -0.1) is 0 Å². The molecule has 2 rings (SSSR count). The van der Waals surface area contributed by atoms with Crippen LogP contribution < -0.4 is 0 Å². The van der Waals surface area contributed by atoms with Crippen LogP contribution in [-0.4, -0.2) is 83.4 Å². The summed E-state index contributed by atoms with van der Waals surface area (Å²) in [6, 6.07) is 0. The van der Waals surface area contributed by atoms with Crippen molar-refractivity contribution in [1.29, 1.82) is 0 Å². The van der Waals surface area contributed by atoms with E-state index >= 15 is 0 Å². The molecule has 0 bridgehead atoms. The fourth-order valence-electron chi connectivity index (χ4n) is 3.14. The van der Waals surface area contributed by atoms with Crippen LogP contribution in [0.4, 0.5) is 4.79 Å². The first kappa shape index (κ1) is 19.5. The van der Waals surface area contributed by atoms with Crippen LogP contribution in [0.5, 0.6) is 0 Å². The van der Waals surface area contributed by atoms with Crippen molar-refractivity contribution in [3.63, 3.8) is 0 Å². The minimum absolute atomic E-state index is 0.217. The molecule has 24 heavy (non-hydrogen) atoms. The Hall–Kier alpha value is -0.820. The van der Waals surface area contributed by atoms with Crippen molar-refractivity contribution in [3.8, 4) is 0 Å². The van der Waals surface area contributed by atoms with Crippen LogP contribution in [0.3, 0.4) is 0 Å². The van der Waals surface area contributed by atoms with Crippen LogP contribution in [0.15, 0.2) is 0 Å². The van der Waals surface area contributed by atoms with Gasteiger partial charge in [-0.1, -0.05) is 15.9 Å². The molecule has 6 nitrogen and oxygen atoms in total. The summed E-state index contributed by atoms with van der Waals surface area (Å²) in [5.74, 6) is 0.754. The van der Waals surface area contributed by atoms with Crippen LogP contribution in [0, 0.1) is 5.92 Å². The van der Waals surface area contributed by atoms with E-state index in [9.17, 15) is 9.59 Å². The number of hydrogen-bond acceptors (Lipinski definition) is 4. The number of nitrogens with zero attached hydrogens (tertiary/aromatic N) is 3. The van der Waals surface area contributed by atoms with Gasteiger partial charge in [-0.3, -0.25) is 9.69 Å². The quantitative estimate of drug-likeness (QED) is 0.660. The van der Waals surface area contributed by atoms with Gasteiger partial charge in [0.2, 0.25) is 5.91 Å². The van der Waals surface area contributed by atoms with Gasteiger partial charge in [0.15, 0.2) is 0 Å². The largest absolute Gasteiger partial charge is 0.444 e. The Balaban J connectivity index is 1.63. The highest BCUT2D eigenvalue weighted by Crippen LogP contribution is 2.19. The normalized spacial score (nSPS) is 23.0. The highest BCUT2D eigenvalue weighted by molar-refractivity contribution is 9.09. The second-order valence-electron chi connectivity index (χ2n) is 7.73. The van der Waals surface area contributed by atoms with E-state index in [2.05, 4.69) is 20.8 Å². The maximum atomic E-state index is 12.0. The van der Waals surface area contributed by atoms with Crippen molar-refractivity contribution in [2.24, 2.45) is 5.92 Å². The number of piperazine rings is 1. The predicted molar refractivity (Wildman–Crippen MR) is 97.3 cm³/mol. The van der Waals surface area contributed by atoms with Crippen LogP contribution in [0.1, 0.15) is 33.6 Å². The summed E-state index contributed by atoms with van der Waals surface area (Å²) in [6.07, 6.45) is 1.46. The second kappa shape index (κ2) is 8.52. The molecule has 0 radical (unpaired) electrons. The summed E-state index contributed by atoms with van der Waals surface area (Å²) >= 11 is 3.47. The average Bonchev–Trinajstić information content (AvgIpc) is 2.87. The molecule has 0 aromatic rings. The number of ether oxygens (including phenoxy) is 1. The zero-order valence-electron chi connectivity index (χ0n) is 15.1. The number of rotatable bonds is 5. The van der Waals surface area contributed by atoms with Crippen LogP contribution in [0.25, 0.3) is 0 Å². The summed E-state index contributed by atoms with van der Waals surface area (Å²) < 4.78 is 5.41. The van der Waals surface area contributed by atoms with E-state index < -0.39 is 5.60 Å². The van der Waals surface area contributed by atoms with E-state index in [0.717, 1.165) is 44.5 Å². The molecule has 7 heteroatoms. The van der Waals surface area contributed by atoms with Crippen molar-refractivity contribution >= 4 is 27.9 Å². The zero-order valence-corrected chi connectivity index (χ0v) is 16.7. The summed E-state index contributed by atoms with van der Waals surface area (Å²) in [7, 11) is 0. The monoisotopic (exact) mass is 403 g/mol. The molecule has 0 aromatic carbocycles. The van der Waals surface area contributed by atoms with E-state index in [0.29, 0.717) is 25.4 Å². The lowest BCUT2D eigenvalue weighted by atomic mass is 10.2. The number of halogens is 1. The van der Waals surface area contributed by atoms with Gasteiger partial charge < -0.3 is 14.5 Å². The first-order chi connectivity index (χ1) is 11.3. The third kappa shape index (κ3) is 5.92. The minimum atomic E-state index is -0.441. The SMILES string of the molecule is CC(C)(C)OC(=O)N1CCN(CCCN2CC(CBr)CC2=O)CC1. The molecule has 2 fully saturated rings. The molecule has 2 aliphatic heterocycles. The molecule has 0 aromatic heterocycles. The highest BCUT2D eigenvalue weighted by atomic mass is 79.9. The molecule has 0 spiro atoms. The van der Waals surface area contributed by atoms with Gasteiger partial charge in [0.25, 0.3) is 0 Å². The molecule has 138 valence electrons. The zero-order chi connectivity index (χ0) is 17.7. The fourth-order valence-corrected chi connectivity index (χ4v) is 3.57. The number of amides is 2. The van der Waals surface area contributed by atoms with Crippen LogP contribution in [0.2, 0.25) is 0 Å². The summed E-state index contributed by atoms with van der Waals surface area (Å²) in [4.78, 5) is 30.1. The molecule has 2 saturated heterocycles. The van der Waals surface area contributed by atoms with Gasteiger partial charge in [0.1, 0.15) is 5.60 Å². The first-order valence-electron chi connectivity index (χ1n) is 8.82. The van der Waals surface area contributed by atoms with E-state index in [1.807, 2.05) is 25.7 Å². The smallest absolute Gasteiger partial charge is 0.410 e. The van der Waals surface area contributed by atoms with Gasteiger partial charge >= 0.3 is 6.09 Å². The summed E-state index contributed by atoms with van der Waals surface area (Å²) in [5, 5.41) is 0.905. The third-order valence-electron chi connectivity index (χ3n) is 4.44. The Kier molecular flexibility index (Phi) is 6.92. The summed E-state index contributed by atoms with van der Waals surface area (Å²) in [6.45, 7) is 11.5. The number of likely N-dealkylation sites (tertiary alicyclic amines) is 1. The van der Waals surface area contributed by atoms with Crippen molar-refractivity contribution in [2.45, 2.75) is 39.2 Å². The van der Waals surface area contributed by atoms with E-state index in [4.69, 9.17) is 4.74 Å². The first-order valence-corrected chi connectivity index (χ1v) is 9.94. The van der Waals surface area contributed by atoms with Gasteiger partial charge in [-0.05, 0) is 39.7 Å². The van der Waals surface area contributed by atoms with Crippen LogP contribution in [-0.2, 0) is 9.53 Å².